The molecule has 0 unspecified atom stereocenters. The Labute approximate surface area is 165 Å². The molecule has 3 aromatic carbocycles. The maximum atomic E-state index is 13.2. The number of ether oxygens (including phenoxy) is 1. The molecule has 1 amide bonds. The second-order valence-corrected chi connectivity index (χ2v) is 6.93. The van der Waals surface area contributed by atoms with Gasteiger partial charge in [0.15, 0.2) is 6.61 Å². The van der Waals surface area contributed by atoms with E-state index in [4.69, 9.17) is 4.74 Å². The molecule has 0 atom stereocenters. The number of hydrogen-bond acceptors (Lipinski definition) is 2. The summed E-state index contributed by atoms with van der Waals surface area (Å²) < 4.78 is 19.8. The van der Waals surface area contributed by atoms with Crippen LogP contribution in [0.2, 0.25) is 0 Å². The number of carbonyl (C=O) groups is 1. The van der Waals surface area contributed by atoms with Crippen LogP contribution in [0, 0.1) is 9.39 Å². The molecule has 0 aliphatic heterocycles. The highest BCUT2D eigenvalue weighted by Crippen LogP contribution is 2.20. The number of nitrogens with zero attached hydrogens (tertiary/aromatic N) is 1. The Morgan fingerprint density at radius 3 is 2.23 bits per heavy atom. The summed E-state index contributed by atoms with van der Waals surface area (Å²) in [6.45, 7) is 0.273. The molecule has 132 valence electrons. The van der Waals surface area contributed by atoms with Crippen molar-refractivity contribution < 1.29 is 13.9 Å². The Bertz CT molecular complexity index is 851. The smallest absolute Gasteiger partial charge is 0.265 e. The average Bonchev–Trinajstić information content (AvgIpc) is 2.67. The number of benzene rings is 3. The summed E-state index contributed by atoms with van der Waals surface area (Å²) in [7, 11) is 0. The van der Waals surface area contributed by atoms with Gasteiger partial charge in [0.1, 0.15) is 11.6 Å². The lowest BCUT2D eigenvalue weighted by molar-refractivity contribution is -0.120. The third-order valence-electron chi connectivity index (χ3n) is 3.80. The van der Waals surface area contributed by atoms with Crippen molar-refractivity contribution in [3.8, 4) is 5.75 Å². The SMILES string of the molecule is O=C(COc1ccccc1)N(Cc1ccc(F)cc1)c1ccc(I)cc1. The van der Waals surface area contributed by atoms with E-state index in [9.17, 15) is 9.18 Å². The molecule has 0 aliphatic carbocycles. The number of amides is 1. The molecule has 3 aromatic rings. The van der Waals surface area contributed by atoms with Gasteiger partial charge in [0.05, 0.1) is 6.54 Å². The van der Waals surface area contributed by atoms with Gasteiger partial charge < -0.3 is 9.64 Å². The third kappa shape index (κ3) is 5.05. The molecule has 26 heavy (non-hydrogen) atoms. The first-order valence-corrected chi connectivity index (χ1v) is 9.18. The van der Waals surface area contributed by atoms with Crippen LogP contribution < -0.4 is 9.64 Å². The first kappa shape index (κ1) is 18.4. The minimum absolute atomic E-state index is 0.0722. The van der Waals surface area contributed by atoms with Gasteiger partial charge in [0.2, 0.25) is 0 Å². The minimum Gasteiger partial charge on any atom is -0.484 e. The highest BCUT2D eigenvalue weighted by molar-refractivity contribution is 14.1. The van der Waals surface area contributed by atoms with E-state index in [2.05, 4.69) is 22.6 Å². The Balaban J connectivity index is 1.78. The molecule has 0 bridgehead atoms. The van der Waals surface area contributed by atoms with Crippen molar-refractivity contribution in [1.29, 1.82) is 0 Å². The van der Waals surface area contributed by atoms with Crippen LogP contribution in [-0.4, -0.2) is 12.5 Å². The van der Waals surface area contributed by atoms with Crippen LogP contribution in [0.1, 0.15) is 5.56 Å². The van der Waals surface area contributed by atoms with Gasteiger partial charge in [0, 0.05) is 9.26 Å². The van der Waals surface area contributed by atoms with Crippen LogP contribution in [0.3, 0.4) is 0 Å². The Hall–Kier alpha value is -2.41. The van der Waals surface area contributed by atoms with Crippen LogP contribution in [0.25, 0.3) is 0 Å². The molecular formula is C21H17FINO2. The predicted molar refractivity (Wildman–Crippen MR) is 109 cm³/mol. The molecule has 0 aromatic heterocycles. The molecule has 0 aliphatic rings. The normalized spacial score (nSPS) is 10.4. The van der Waals surface area contributed by atoms with E-state index in [0.29, 0.717) is 12.3 Å². The van der Waals surface area contributed by atoms with Gasteiger partial charge in [-0.25, -0.2) is 4.39 Å². The fourth-order valence-corrected chi connectivity index (χ4v) is 2.82. The topological polar surface area (TPSA) is 29.5 Å². The molecule has 3 rings (SSSR count). The van der Waals surface area contributed by atoms with Gasteiger partial charge in [0.25, 0.3) is 5.91 Å². The lowest BCUT2D eigenvalue weighted by Gasteiger charge is -2.23. The van der Waals surface area contributed by atoms with Gasteiger partial charge >= 0.3 is 0 Å². The number of halogens is 2. The second-order valence-electron chi connectivity index (χ2n) is 5.68. The largest absolute Gasteiger partial charge is 0.484 e. The van der Waals surface area contributed by atoms with Gasteiger partial charge in [-0.2, -0.15) is 0 Å². The lowest BCUT2D eigenvalue weighted by Crippen LogP contribution is -2.34. The summed E-state index contributed by atoms with van der Waals surface area (Å²) in [5.41, 5.74) is 1.62. The number of rotatable bonds is 6. The molecule has 0 N–H and O–H groups in total. The minimum atomic E-state index is -0.298. The van der Waals surface area contributed by atoms with Crippen LogP contribution in [0.4, 0.5) is 10.1 Å². The van der Waals surface area contributed by atoms with Crippen molar-refractivity contribution in [2.75, 3.05) is 11.5 Å². The van der Waals surface area contributed by atoms with Gasteiger partial charge in [-0.05, 0) is 76.7 Å². The maximum absolute atomic E-state index is 13.2. The van der Waals surface area contributed by atoms with Crippen molar-refractivity contribution in [3.63, 3.8) is 0 Å². The van der Waals surface area contributed by atoms with Gasteiger partial charge in [-0.15, -0.1) is 0 Å². The average molecular weight is 461 g/mol. The highest BCUT2D eigenvalue weighted by Gasteiger charge is 2.17. The van der Waals surface area contributed by atoms with Crippen LogP contribution in [0.5, 0.6) is 5.75 Å². The fourth-order valence-electron chi connectivity index (χ4n) is 2.46. The number of para-hydroxylation sites is 1. The lowest BCUT2D eigenvalue weighted by atomic mass is 10.2. The number of anilines is 1. The van der Waals surface area contributed by atoms with E-state index in [1.807, 2.05) is 54.6 Å². The van der Waals surface area contributed by atoms with E-state index in [1.165, 1.54) is 12.1 Å². The summed E-state index contributed by atoms with van der Waals surface area (Å²) in [5.74, 6) is 0.179. The molecule has 0 saturated carbocycles. The zero-order valence-electron chi connectivity index (χ0n) is 13.9. The zero-order chi connectivity index (χ0) is 18.4. The van der Waals surface area contributed by atoms with Crippen LogP contribution in [-0.2, 0) is 11.3 Å². The molecular weight excluding hydrogens is 444 g/mol. The Morgan fingerprint density at radius 1 is 0.923 bits per heavy atom. The Morgan fingerprint density at radius 2 is 1.58 bits per heavy atom. The van der Waals surface area contributed by atoms with E-state index in [1.54, 1.807) is 17.0 Å². The molecule has 0 saturated heterocycles. The van der Waals surface area contributed by atoms with Crippen molar-refractivity contribution in [2.24, 2.45) is 0 Å². The van der Waals surface area contributed by atoms with Crippen LogP contribution in [0.15, 0.2) is 78.9 Å². The molecule has 0 radical (unpaired) electrons. The second kappa shape index (κ2) is 8.80. The first-order valence-electron chi connectivity index (χ1n) is 8.10. The molecule has 3 nitrogen and oxygen atoms in total. The number of carbonyl (C=O) groups excluding carboxylic acids is 1. The highest BCUT2D eigenvalue weighted by atomic mass is 127. The first-order chi connectivity index (χ1) is 12.6. The van der Waals surface area contributed by atoms with Crippen molar-refractivity contribution in [3.05, 3.63) is 93.8 Å². The molecule has 0 heterocycles. The molecule has 0 spiro atoms. The van der Waals surface area contributed by atoms with Gasteiger partial charge in [-0.3, -0.25) is 4.79 Å². The molecule has 0 fully saturated rings. The van der Waals surface area contributed by atoms with Gasteiger partial charge in [-0.1, -0.05) is 30.3 Å². The summed E-state index contributed by atoms with van der Waals surface area (Å²) >= 11 is 2.22. The van der Waals surface area contributed by atoms with Crippen LogP contribution >= 0.6 is 22.6 Å². The quantitative estimate of drug-likeness (QED) is 0.482. The number of hydrogen-bond donors (Lipinski definition) is 0. The van der Waals surface area contributed by atoms with E-state index < -0.39 is 0 Å². The summed E-state index contributed by atoms with van der Waals surface area (Å²) in [4.78, 5) is 14.4. The predicted octanol–water partition coefficient (Wildman–Crippen LogP) is 5.04. The van der Waals surface area contributed by atoms with Crippen molar-refractivity contribution >= 4 is 34.2 Å². The van der Waals surface area contributed by atoms with E-state index in [0.717, 1.165) is 14.8 Å². The monoisotopic (exact) mass is 461 g/mol. The summed E-state index contributed by atoms with van der Waals surface area (Å²) in [6, 6.07) is 23.0. The van der Waals surface area contributed by atoms with Crippen molar-refractivity contribution in [1.82, 2.24) is 0 Å². The summed E-state index contributed by atoms with van der Waals surface area (Å²) in [5, 5.41) is 0. The maximum Gasteiger partial charge on any atom is 0.265 e. The standard InChI is InChI=1S/C21H17FINO2/c22-17-8-6-16(7-9-17)14-24(19-12-10-18(23)11-13-19)21(25)15-26-20-4-2-1-3-5-20/h1-13H,14-15H2. The fraction of sp³-hybridized carbons (Fsp3) is 0.0952. The van der Waals surface area contributed by atoms with E-state index in [-0.39, 0.29) is 18.3 Å². The Kier molecular flexibility index (Phi) is 6.22. The van der Waals surface area contributed by atoms with E-state index >= 15 is 0 Å². The molecule has 5 heteroatoms. The van der Waals surface area contributed by atoms with Crippen molar-refractivity contribution in [2.45, 2.75) is 6.54 Å². The zero-order valence-corrected chi connectivity index (χ0v) is 16.1. The summed E-state index contributed by atoms with van der Waals surface area (Å²) in [6.07, 6.45) is 0. The third-order valence-corrected chi connectivity index (χ3v) is 4.52.